The Morgan fingerprint density at radius 1 is 0.767 bits per heavy atom. The Bertz CT molecular complexity index is 601. The quantitative estimate of drug-likeness (QED) is 0.293. The van der Waals surface area contributed by atoms with Gasteiger partial charge in [0, 0.05) is 8.07 Å². The molecule has 5 aliphatic carbocycles. The summed E-state index contributed by atoms with van der Waals surface area (Å²) in [6.07, 6.45) is 23.4. The first-order valence-electron chi connectivity index (χ1n) is 14.0. The summed E-state index contributed by atoms with van der Waals surface area (Å²) in [5.41, 5.74) is 2.38. The zero-order chi connectivity index (χ0) is 20.9. The number of rotatable bonds is 6. The van der Waals surface area contributed by atoms with E-state index in [-0.39, 0.29) is 0 Å². The standard InChI is InChI=1S/C29H50Si/c1-21(20-30(2,3)4)18-22-14-15-23(19-22)29(16-9-17-29)28-26-12-7-5-10-24(26)25-11-6-8-13-27(25)28/h22-28H,1,5-20H2,2-4H3. The molecule has 0 N–H and O–H groups in total. The van der Waals surface area contributed by atoms with Gasteiger partial charge in [0.1, 0.15) is 0 Å². The zero-order valence-corrected chi connectivity index (χ0v) is 21.6. The van der Waals surface area contributed by atoms with Crippen LogP contribution in [0.15, 0.2) is 12.2 Å². The summed E-state index contributed by atoms with van der Waals surface area (Å²) >= 11 is 0. The van der Waals surface area contributed by atoms with Crippen LogP contribution in [-0.2, 0) is 0 Å². The molecule has 0 aliphatic heterocycles. The Labute approximate surface area is 189 Å². The first kappa shape index (κ1) is 21.8. The Balaban J connectivity index is 1.31. The van der Waals surface area contributed by atoms with E-state index < -0.39 is 8.07 Å². The molecule has 170 valence electrons. The lowest BCUT2D eigenvalue weighted by Crippen LogP contribution is -2.48. The zero-order valence-electron chi connectivity index (χ0n) is 20.6. The van der Waals surface area contributed by atoms with Crippen molar-refractivity contribution in [1.29, 1.82) is 0 Å². The van der Waals surface area contributed by atoms with Crippen LogP contribution in [0, 0.1) is 46.8 Å². The second kappa shape index (κ2) is 8.38. The van der Waals surface area contributed by atoms with E-state index >= 15 is 0 Å². The molecular weight excluding hydrogens is 376 g/mol. The van der Waals surface area contributed by atoms with Crippen LogP contribution >= 0.6 is 0 Å². The highest BCUT2D eigenvalue weighted by molar-refractivity contribution is 6.76. The van der Waals surface area contributed by atoms with E-state index in [9.17, 15) is 0 Å². The van der Waals surface area contributed by atoms with Crippen LogP contribution in [0.1, 0.15) is 96.3 Å². The topological polar surface area (TPSA) is 0 Å². The molecule has 0 aromatic rings. The van der Waals surface area contributed by atoms with Gasteiger partial charge in [-0.05, 0) is 117 Å². The lowest BCUT2D eigenvalue weighted by molar-refractivity contribution is -0.0669. The SMILES string of the molecule is C=C(CC1CCC(C2(C3C4CCCCC4C4CCCCC43)CCC2)C1)C[Si](C)(C)C. The molecule has 5 saturated carbocycles. The number of hydrogen-bond donors (Lipinski definition) is 0. The molecule has 0 heterocycles. The summed E-state index contributed by atoms with van der Waals surface area (Å²) in [5.74, 6) is 7.73. The van der Waals surface area contributed by atoms with Gasteiger partial charge in [0.2, 0.25) is 0 Å². The molecule has 0 aromatic carbocycles. The monoisotopic (exact) mass is 426 g/mol. The second-order valence-electron chi connectivity index (χ2n) is 13.9. The molecule has 30 heavy (non-hydrogen) atoms. The van der Waals surface area contributed by atoms with Gasteiger partial charge in [0.05, 0.1) is 0 Å². The van der Waals surface area contributed by atoms with Gasteiger partial charge in [-0.15, -0.1) is 6.58 Å². The predicted molar refractivity (Wildman–Crippen MR) is 133 cm³/mol. The maximum absolute atomic E-state index is 4.54. The second-order valence-corrected chi connectivity index (χ2v) is 19.4. The normalized spacial score (nSPS) is 43.0. The van der Waals surface area contributed by atoms with Crippen molar-refractivity contribution in [1.82, 2.24) is 0 Å². The van der Waals surface area contributed by atoms with Gasteiger partial charge in [-0.2, -0.15) is 0 Å². The number of allylic oxidation sites excluding steroid dienone is 1. The van der Waals surface area contributed by atoms with Crippen LogP contribution in [-0.4, -0.2) is 8.07 Å². The molecule has 1 heteroatoms. The van der Waals surface area contributed by atoms with Crippen molar-refractivity contribution in [2.45, 2.75) is 122 Å². The molecule has 0 amide bonds. The summed E-state index contributed by atoms with van der Waals surface area (Å²) in [6.45, 7) is 12.1. The lowest BCUT2D eigenvalue weighted by atomic mass is 9.49. The summed E-state index contributed by atoms with van der Waals surface area (Å²) in [7, 11) is -1.00. The van der Waals surface area contributed by atoms with Gasteiger partial charge in [0.25, 0.3) is 0 Å². The number of fused-ring (bicyclic) bond motifs is 3. The molecule has 5 aliphatic rings. The minimum Gasteiger partial charge on any atom is -0.100 e. The van der Waals surface area contributed by atoms with Gasteiger partial charge < -0.3 is 0 Å². The van der Waals surface area contributed by atoms with E-state index in [0.29, 0.717) is 0 Å². The molecule has 5 fully saturated rings. The summed E-state index contributed by atoms with van der Waals surface area (Å²) in [4.78, 5) is 0. The smallest absolute Gasteiger partial charge is 0.0483 e. The van der Waals surface area contributed by atoms with Crippen molar-refractivity contribution in [3.8, 4) is 0 Å². The molecule has 0 radical (unpaired) electrons. The fourth-order valence-corrected chi connectivity index (χ4v) is 11.8. The van der Waals surface area contributed by atoms with Gasteiger partial charge in [-0.25, -0.2) is 0 Å². The highest BCUT2D eigenvalue weighted by atomic mass is 28.3. The van der Waals surface area contributed by atoms with Gasteiger partial charge in [-0.3, -0.25) is 0 Å². The lowest BCUT2D eigenvalue weighted by Gasteiger charge is -2.56. The fraction of sp³-hybridized carbons (Fsp3) is 0.931. The average molecular weight is 427 g/mol. The van der Waals surface area contributed by atoms with E-state index in [1.807, 2.05) is 0 Å². The minimum atomic E-state index is -1.00. The van der Waals surface area contributed by atoms with Crippen LogP contribution in [0.25, 0.3) is 0 Å². The van der Waals surface area contributed by atoms with Crippen molar-refractivity contribution in [2.75, 3.05) is 0 Å². The molecule has 0 saturated heterocycles. The van der Waals surface area contributed by atoms with E-state index in [0.717, 1.165) is 46.8 Å². The van der Waals surface area contributed by atoms with Crippen molar-refractivity contribution in [2.24, 2.45) is 46.8 Å². The van der Waals surface area contributed by atoms with Crippen molar-refractivity contribution in [3.63, 3.8) is 0 Å². The van der Waals surface area contributed by atoms with E-state index in [4.69, 9.17) is 0 Å². The van der Waals surface area contributed by atoms with Gasteiger partial charge in [-0.1, -0.05) is 57.3 Å². The predicted octanol–water partition coefficient (Wildman–Crippen LogP) is 9.10. The Morgan fingerprint density at radius 3 is 1.83 bits per heavy atom. The third-order valence-corrected chi connectivity index (χ3v) is 12.4. The molecule has 6 atom stereocenters. The van der Waals surface area contributed by atoms with Crippen LogP contribution in [0.2, 0.25) is 25.7 Å². The summed E-state index contributed by atoms with van der Waals surface area (Å²) < 4.78 is 0. The molecule has 0 nitrogen and oxygen atoms in total. The maximum atomic E-state index is 4.54. The van der Waals surface area contributed by atoms with Gasteiger partial charge >= 0.3 is 0 Å². The van der Waals surface area contributed by atoms with Crippen molar-refractivity contribution in [3.05, 3.63) is 12.2 Å². The van der Waals surface area contributed by atoms with E-state index in [1.165, 1.54) is 18.9 Å². The minimum absolute atomic E-state index is 0.784. The molecule has 0 spiro atoms. The van der Waals surface area contributed by atoms with E-state index in [2.05, 4.69) is 26.2 Å². The summed E-state index contributed by atoms with van der Waals surface area (Å²) in [6, 6.07) is 1.36. The molecule has 5 rings (SSSR count). The highest BCUT2D eigenvalue weighted by Gasteiger charge is 2.62. The van der Waals surface area contributed by atoms with Crippen molar-refractivity contribution >= 4 is 8.07 Å². The molecule has 0 bridgehead atoms. The summed E-state index contributed by atoms with van der Waals surface area (Å²) in [5, 5.41) is 0. The van der Waals surface area contributed by atoms with Crippen LogP contribution in [0.5, 0.6) is 0 Å². The fourth-order valence-electron chi connectivity index (χ4n) is 10.1. The highest BCUT2D eigenvalue weighted by Crippen LogP contribution is 2.70. The molecule has 0 aromatic heterocycles. The third kappa shape index (κ3) is 3.92. The first-order chi connectivity index (χ1) is 14.4. The van der Waals surface area contributed by atoms with Crippen LogP contribution in [0.3, 0.4) is 0 Å². The maximum Gasteiger partial charge on any atom is 0.0483 e. The van der Waals surface area contributed by atoms with Crippen LogP contribution < -0.4 is 0 Å². The van der Waals surface area contributed by atoms with Gasteiger partial charge in [0.15, 0.2) is 0 Å². The van der Waals surface area contributed by atoms with Crippen LogP contribution in [0.4, 0.5) is 0 Å². The van der Waals surface area contributed by atoms with Crippen molar-refractivity contribution < 1.29 is 0 Å². The largest absolute Gasteiger partial charge is 0.100 e. The number of hydrogen-bond acceptors (Lipinski definition) is 0. The molecule has 6 unspecified atom stereocenters. The Morgan fingerprint density at radius 2 is 1.33 bits per heavy atom. The van der Waals surface area contributed by atoms with E-state index in [1.54, 1.807) is 89.0 Å². The Hall–Kier alpha value is -0.0431. The average Bonchev–Trinajstić information content (AvgIpc) is 3.24. The first-order valence-corrected chi connectivity index (χ1v) is 17.7. The molecular formula is C29H50Si. The third-order valence-electron chi connectivity index (χ3n) is 10.9. The Kier molecular flexibility index (Phi) is 6.09.